The predicted octanol–water partition coefficient (Wildman–Crippen LogP) is 5.07. The van der Waals surface area contributed by atoms with E-state index in [0.717, 1.165) is 25.8 Å². The molecule has 1 heterocycles. The molecule has 0 saturated carbocycles. The van der Waals surface area contributed by atoms with E-state index in [9.17, 15) is 0 Å². The zero-order valence-electron chi connectivity index (χ0n) is 13.3. The highest BCUT2D eigenvalue weighted by molar-refractivity contribution is 6.02. The molecule has 1 atom stereocenters. The standard InChI is InChI=1S/C21H23N/c1-3-17(2)21(14-18-10-6-4-7-11-18)15-20(22-16-21)19-12-8-5-9-13-19/h4-13H,2-3,14-16H2,1H3. The predicted molar refractivity (Wildman–Crippen MR) is 94.5 cm³/mol. The Labute approximate surface area is 133 Å². The molecule has 2 aromatic rings. The zero-order valence-corrected chi connectivity index (χ0v) is 13.3. The van der Waals surface area contributed by atoms with Crippen LogP contribution < -0.4 is 0 Å². The van der Waals surface area contributed by atoms with Gasteiger partial charge in [0.1, 0.15) is 0 Å². The van der Waals surface area contributed by atoms with E-state index in [1.807, 2.05) is 0 Å². The molecule has 0 radical (unpaired) electrons. The minimum absolute atomic E-state index is 0.0846. The Kier molecular flexibility index (Phi) is 4.24. The first-order valence-electron chi connectivity index (χ1n) is 8.04. The maximum atomic E-state index is 4.88. The molecule has 0 aromatic heterocycles. The third-order valence-corrected chi connectivity index (χ3v) is 4.75. The van der Waals surface area contributed by atoms with Crippen LogP contribution in [0.4, 0.5) is 0 Å². The summed E-state index contributed by atoms with van der Waals surface area (Å²) in [7, 11) is 0. The van der Waals surface area contributed by atoms with Crippen molar-refractivity contribution in [2.24, 2.45) is 10.4 Å². The van der Waals surface area contributed by atoms with Crippen molar-refractivity contribution < 1.29 is 0 Å². The molecule has 1 heteroatoms. The van der Waals surface area contributed by atoms with Crippen molar-refractivity contribution in [2.45, 2.75) is 26.2 Å². The first-order valence-corrected chi connectivity index (χ1v) is 8.04. The van der Waals surface area contributed by atoms with E-state index in [1.165, 1.54) is 22.4 Å². The molecule has 22 heavy (non-hydrogen) atoms. The molecule has 0 amide bonds. The van der Waals surface area contributed by atoms with E-state index >= 15 is 0 Å². The van der Waals surface area contributed by atoms with Crippen LogP contribution in [0.3, 0.4) is 0 Å². The van der Waals surface area contributed by atoms with E-state index in [0.29, 0.717) is 0 Å². The largest absolute Gasteiger partial charge is 0.288 e. The van der Waals surface area contributed by atoms with E-state index in [-0.39, 0.29) is 5.41 Å². The molecule has 0 aliphatic carbocycles. The van der Waals surface area contributed by atoms with Gasteiger partial charge in [0.25, 0.3) is 0 Å². The summed E-state index contributed by atoms with van der Waals surface area (Å²) in [4.78, 5) is 4.88. The van der Waals surface area contributed by atoms with E-state index in [2.05, 4.69) is 74.2 Å². The van der Waals surface area contributed by atoms with Gasteiger partial charge < -0.3 is 0 Å². The van der Waals surface area contributed by atoms with Gasteiger partial charge in [0.15, 0.2) is 0 Å². The molecule has 1 aliphatic heterocycles. The summed E-state index contributed by atoms with van der Waals surface area (Å²) in [6, 6.07) is 21.3. The number of hydrogen-bond acceptors (Lipinski definition) is 1. The van der Waals surface area contributed by atoms with Crippen molar-refractivity contribution in [3.8, 4) is 0 Å². The molecule has 1 unspecified atom stereocenters. The van der Waals surface area contributed by atoms with Gasteiger partial charge in [-0.25, -0.2) is 0 Å². The Hall–Kier alpha value is -2.15. The van der Waals surface area contributed by atoms with E-state index in [1.54, 1.807) is 0 Å². The van der Waals surface area contributed by atoms with Gasteiger partial charge in [-0.3, -0.25) is 4.99 Å². The number of rotatable bonds is 5. The molecule has 112 valence electrons. The van der Waals surface area contributed by atoms with Gasteiger partial charge in [0.2, 0.25) is 0 Å². The van der Waals surface area contributed by atoms with Crippen LogP contribution in [0.1, 0.15) is 30.9 Å². The minimum Gasteiger partial charge on any atom is -0.288 e. The number of nitrogens with zero attached hydrogens (tertiary/aromatic N) is 1. The Balaban J connectivity index is 1.86. The highest BCUT2D eigenvalue weighted by Gasteiger charge is 2.38. The lowest BCUT2D eigenvalue weighted by molar-refractivity contribution is 0.393. The first-order chi connectivity index (χ1) is 10.7. The summed E-state index contributed by atoms with van der Waals surface area (Å²) in [6.45, 7) is 7.44. The lowest BCUT2D eigenvalue weighted by Gasteiger charge is -2.30. The number of benzene rings is 2. The van der Waals surface area contributed by atoms with Crippen LogP contribution in [-0.4, -0.2) is 12.3 Å². The van der Waals surface area contributed by atoms with Crippen molar-refractivity contribution in [3.63, 3.8) is 0 Å². The average molecular weight is 289 g/mol. The smallest absolute Gasteiger partial charge is 0.0493 e. The van der Waals surface area contributed by atoms with Crippen molar-refractivity contribution in [3.05, 3.63) is 83.9 Å². The highest BCUT2D eigenvalue weighted by Crippen LogP contribution is 2.41. The fraction of sp³-hybridized carbons (Fsp3) is 0.286. The maximum absolute atomic E-state index is 4.88. The second-order valence-electron chi connectivity index (χ2n) is 6.21. The van der Waals surface area contributed by atoms with Gasteiger partial charge in [-0.1, -0.05) is 79.7 Å². The second-order valence-corrected chi connectivity index (χ2v) is 6.21. The first kappa shape index (κ1) is 14.8. The summed E-state index contributed by atoms with van der Waals surface area (Å²) in [6.07, 6.45) is 3.04. The summed E-state index contributed by atoms with van der Waals surface area (Å²) in [5.41, 5.74) is 5.27. The third-order valence-electron chi connectivity index (χ3n) is 4.75. The van der Waals surface area contributed by atoms with Crippen LogP contribution in [0.5, 0.6) is 0 Å². The van der Waals surface area contributed by atoms with Crippen molar-refractivity contribution in [2.75, 3.05) is 6.54 Å². The summed E-state index contributed by atoms with van der Waals surface area (Å²) in [5.74, 6) is 0. The summed E-state index contributed by atoms with van der Waals surface area (Å²) < 4.78 is 0. The molecule has 0 spiro atoms. The summed E-state index contributed by atoms with van der Waals surface area (Å²) in [5, 5.41) is 0. The van der Waals surface area contributed by atoms with Crippen molar-refractivity contribution in [1.82, 2.24) is 0 Å². The molecule has 1 aliphatic rings. The van der Waals surface area contributed by atoms with Gasteiger partial charge in [0.05, 0.1) is 0 Å². The Morgan fingerprint density at radius 2 is 1.68 bits per heavy atom. The monoisotopic (exact) mass is 289 g/mol. The van der Waals surface area contributed by atoms with Gasteiger partial charge in [-0.15, -0.1) is 0 Å². The maximum Gasteiger partial charge on any atom is 0.0493 e. The number of aliphatic imine (C=N–C) groups is 1. The molecule has 0 N–H and O–H groups in total. The molecule has 3 rings (SSSR count). The molecule has 1 nitrogen and oxygen atoms in total. The van der Waals surface area contributed by atoms with Crippen molar-refractivity contribution >= 4 is 5.71 Å². The Morgan fingerprint density at radius 1 is 1.05 bits per heavy atom. The zero-order chi connectivity index (χ0) is 15.4. The molecule has 0 saturated heterocycles. The van der Waals surface area contributed by atoms with Crippen molar-refractivity contribution in [1.29, 1.82) is 0 Å². The fourth-order valence-corrected chi connectivity index (χ4v) is 3.34. The highest BCUT2D eigenvalue weighted by atomic mass is 14.8. The molecular formula is C21H23N. The quantitative estimate of drug-likeness (QED) is 0.681. The van der Waals surface area contributed by atoms with Crippen LogP contribution in [0, 0.1) is 5.41 Å². The lowest BCUT2D eigenvalue weighted by Crippen LogP contribution is -2.27. The lowest BCUT2D eigenvalue weighted by atomic mass is 9.72. The average Bonchev–Trinajstić information content (AvgIpc) is 3.01. The van der Waals surface area contributed by atoms with E-state index < -0.39 is 0 Å². The van der Waals surface area contributed by atoms with Crippen LogP contribution in [0.25, 0.3) is 0 Å². The van der Waals surface area contributed by atoms with Crippen LogP contribution in [0.15, 0.2) is 77.8 Å². The molecule has 0 fully saturated rings. The van der Waals surface area contributed by atoms with Gasteiger partial charge in [-0.2, -0.15) is 0 Å². The van der Waals surface area contributed by atoms with Crippen LogP contribution in [0.2, 0.25) is 0 Å². The fourth-order valence-electron chi connectivity index (χ4n) is 3.34. The molecule has 0 bridgehead atoms. The molecule has 2 aromatic carbocycles. The van der Waals surface area contributed by atoms with Gasteiger partial charge in [0, 0.05) is 24.1 Å². The minimum atomic E-state index is 0.0846. The van der Waals surface area contributed by atoms with Gasteiger partial charge in [-0.05, 0) is 24.0 Å². The third kappa shape index (κ3) is 2.89. The number of hydrogen-bond donors (Lipinski definition) is 0. The van der Waals surface area contributed by atoms with Gasteiger partial charge >= 0.3 is 0 Å². The Morgan fingerprint density at radius 3 is 2.32 bits per heavy atom. The molecular weight excluding hydrogens is 266 g/mol. The van der Waals surface area contributed by atoms with Crippen LogP contribution in [-0.2, 0) is 6.42 Å². The SMILES string of the molecule is C=C(CC)C1(Cc2ccccc2)CN=C(c2ccccc2)C1. The van der Waals surface area contributed by atoms with E-state index in [4.69, 9.17) is 4.99 Å². The Bertz CT molecular complexity index is 670. The second kappa shape index (κ2) is 6.31. The van der Waals surface area contributed by atoms with Crippen LogP contribution >= 0.6 is 0 Å². The normalized spacial score (nSPS) is 20.7. The topological polar surface area (TPSA) is 12.4 Å². The summed E-state index contributed by atoms with van der Waals surface area (Å²) >= 11 is 0.